The number of hydrogen-bond acceptors (Lipinski definition) is 3. The van der Waals surface area contributed by atoms with Crippen LogP contribution >= 0.6 is 0 Å². The van der Waals surface area contributed by atoms with E-state index in [-0.39, 0.29) is 5.78 Å². The van der Waals surface area contributed by atoms with Crippen LogP contribution in [0, 0.1) is 0 Å². The molecule has 25 heavy (non-hydrogen) atoms. The minimum absolute atomic E-state index is 0.339. The fourth-order valence-electron chi connectivity index (χ4n) is 3.06. The average molecular weight is 331 g/mol. The number of benzene rings is 3. The molecular weight excluding hydrogens is 310 g/mol. The molecule has 0 saturated carbocycles. The topological polar surface area (TPSA) is 40.5 Å². The van der Waals surface area contributed by atoms with E-state index in [2.05, 4.69) is 0 Å². The number of para-hydroxylation sites is 1. The Morgan fingerprint density at radius 2 is 1.32 bits per heavy atom. The first-order valence-corrected chi connectivity index (χ1v) is 8.19. The number of hydrogen-bond donors (Lipinski definition) is 1. The van der Waals surface area contributed by atoms with Gasteiger partial charge in [0.15, 0.2) is 5.60 Å². The molecule has 3 rings (SSSR count). The molecule has 1 N–H and O–H groups in total. The molecule has 1 atom stereocenters. The van der Waals surface area contributed by atoms with Crippen LogP contribution in [-0.4, -0.2) is 25.0 Å². The lowest BCUT2D eigenvalue weighted by Crippen LogP contribution is -2.38. The molecule has 0 aromatic heterocycles. The van der Waals surface area contributed by atoms with E-state index in [1.807, 2.05) is 67.5 Å². The molecule has 3 heteroatoms. The Bertz CT molecular complexity index is 859. The highest BCUT2D eigenvalue weighted by molar-refractivity contribution is 6.06. The molecule has 0 fully saturated rings. The third-order valence-corrected chi connectivity index (χ3v) is 4.33. The zero-order valence-electron chi connectivity index (χ0n) is 14.4. The quantitative estimate of drug-likeness (QED) is 0.722. The van der Waals surface area contributed by atoms with Gasteiger partial charge < -0.3 is 10.0 Å². The summed E-state index contributed by atoms with van der Waals surface area (Å²) >= 11 is 0. The van der Waals surface area contributed by atoms with Gasteiger partial charge in [-0.1, -0.05) is 78.9 Å². The summed E-state index contributed by atoms with van der Waals surface area (Å²) in [6.45, 7) is 0. The monoisotopic (exact) mass is 331 g/mol. The van der Waals surface area contributed by atoms with E-state index < -0.39 is 5.60 Å². The summed E-state index contributed by atoms with van der Waals surface area (Å²) in [5.41, 5.74) is 0.641. The number of carbonyl (C=O) groups excluding carboxylic acids is 1. The smallest absolute Gasteiger partial charge is 0.203 e. The summed E-state index contributed by atoms with van der Waals surface area (Å²) in [7, 11) is 3.80. The van der Waals surface area contributed by atoms with Gasteiger partial charge in [0, 0.05) is 30.9 Å². The van der Waals surface area contributed by atoms with Crippen LogP contribution in [0.1, 0.15) is 21.5 Å². The van der Waals surface area contributed by atoms with Gasteiger partial charge >= 0.3 is 0 Å². The molecule has 0 heterocycles. The fraction of sp³-hybridized carbons (Fsp3) is 0.136. The maximum absolute atomic E-state index is 13.4. The molecule has 1 unspecified atom stereocenters. The number of carbonyl (C=O) groups is 1. The summed E-state index contributed by atoms with van der Waals surface area (Å²) in [4.78, 5) is 15.3. The Morgan fingerprint density at radius 1 is 0.800 bits per heavy atom. The van der Waals surface area contributed by atoms with Crippen molar-refractivity contribution in [3.8, 4) is 0 Å². The van der Waals surface area contributed by atoms with E-state index in [0.29, 0.717) is 16.7 Å². The Balaban J connectivity index is 2.26. The van der Waals surface area contributed by atoms with Crippen LogP contribution in [0.4, 0.5) is 5.69 Å². The average Bonchev–Trinajstić information content (AvgIpc) is 2.68. The highest BCUT2D eigenvalue weighted by Gasteiger charge is 2.42. The summed E-state index contributed by atoms with van der Waals surface area (Å²) in [5.74, 6) is -0.339. The van der Waals surface area contributed by atoms with Crippen LogP contribution < -0.4 is 4.90 Å². The van der Waals surface area contributed by atoms with Gasteiger partial charge in [0.25, 0.3) is 0 Å². The van der Waals surface area contributed by atoms with Crippen molar-refractivity contribution in [2.75, 3.05) is 19.0 Å². The van der Waals surface area contributed by atoms with Crippen molar-refractivity contribution in [1.29, 1.82) is 0 Å². The van der Waals surface area contributed by atoms with Gasteiger partial charge in [0.2, 0.25) is 5.78 Å². The first kappa shape index (κ1) is 16.9. The van der Waals surface area contributed by atoms with Gasteiger partial charge in [-0.25, -0.2) is 0 Å². The number of Topliss-reactive ketones (excluding diaryl/α,β-unsaturated/α-hetero) is 1. The molecule has 0 amide bonds. The Morgan fingerprint density at radius 3 is 1.92 bits per heavy atom. The number of aliphatic hydroxyl groups is 1. The standard InChI is InChI=1S/C22H21NO2/c1-23(2)20-16-10-9-15-19(20)22(25,18-13-7-4-8-14-18)21(24)17-11-5-3-6-12-17/h3-16,25H,1-2H3. The van der Waals surface area contributed by atoms with Gasteiger partial charge in [-0.05, 0) is 11.6 Å². The minimum Gasteiger partial charge on any atom is -0.377 e. The van der Waals surface area contributed by atoms with Crippen LogP contribution in [-0.2, 0) is 5.60 Å². The third kappa shape index (κ3) is 3.06. The predicted molar refractivity (Wildman–Crippen MR) is 101 cm³/mol. The number of nitrogens with zero attached hydrogens (tertiary/aromatic N) is 1. The van der Waals surface area contributed by atoms with E-state index in [1.54, 1.807) is 36.4 Å². The van der Waals surface area contributed by atoms with Crippen LogP contribution in [0.15, 0.2) is 84.9 Å². The van der Waals surface area contributed by atoms with Crippen LogP contribution in [0.2, 0.25) is 0 Å². The summed E-state index contributed by atoms with van der Waals surface area (Å²) < 4.78 is 0. The van der Waals surface area contributed by atoms with E-state index in [4.69, 9.17) is 0 Å². The van der Waals surface area contributed by atoms with Crippen LogP contribution in [0.5, 0.6) is 0 Å². The van der Waals surface area contributed by atoms with E-state index in [9.17, 15) is 9.90 Å². The van der Waals surface area contributed by atoms with Crippen molar-refractivity contribution in [1.82, 2.24) is 0 Å². The van der Waals surface area contributed by atoms with Gasteiger partial charge in [-0.3, -0.25) is 4.79 Å². The number of ketones is 1. The first-order chi connectivity index (χ1) is 12.0. The van der Waals surface area contributed by atoms with E-state index in [0.717, 1.165) is 5.69 Å². The highest BCUT2D eigenvalue weighted by Crippen LogP contribution is 2.38. The predicted octanol–water partition coefficient (Wildman–Crippen LogP) is 3.87. The van der Waals surface area contributed by atoms with Crippen molar-refractivity contribution < 1.29 is 9.90 Å². The zero-order valence-corrected chi connectivity index (χ0v) is 14.4. The lowest BCUT2D eigenvalue weighted by atomic mass is 9.79. The van der Waals surface area contributed by atoms with Crippen molar-refractivity contribution in [2.24, 2.45) is 0 Å². The molecule has 0 saturated heterocycles. The van der Waals surface area contributed by atoms with Gasteiger partial charge in [0.05, 0.1) is 0 Å². The molecule has 0 aliphatic heterocycles. The van der Waals surface area contributed by atoms with Gasteiger partial charge in [0.1, 0.15) is 0 Å². The molecule has 3 aromatic carbocycles. The van der Waals surface area contributed by atoms with Crippen molar-refractivity contribution in [2.45, 2.75) is 5.60 Å². The summed E-state index contributed by atoms with van der Waals surface area (Å²) in [5, 5.41) is 11.7. The Labute approximate surface area is 148 Å². The molecule has 0 aliphatic rings. The molecule has 0 aliphatic carbocycles. The fourth-order valence-corrected chi connectivity index (χ4v) is 3.06. The van der Waals surface area contributed by atoms with Gasteiger partial charge in [-0.15, -0.1) is 0 Å². The van der Waals surface area contributed by atoms with Gasteiger partial charge in [-0.2, -0.15) is 0 Å². The largest absolute Gasteiger partial charge is 0.377 e. The second-order valence-electron chi connectivity index (χ2n) is 6.18. The number of anilines is 1. The first-order valence-electron chi connectivity index (χ1n) is 8.19. The minimum atomic E-state index is -1.76. The van der Waals surface area contributed by atoms with Crippen LogP contribution in [0.25, 0.3) is 0 Å². The van der Waals surface area contributed by atoms with Crippen molar-refractivity contribution in [3.63, 3.8) is 0 Å². The van der Waals surface area contributed by atoms with Crippen molar-refractivity contribution in [3.05, 3.63) is 102 Å². The normalized spacial score (nSPS) is 13.1. The highest BCUT2D eigenvalue weighted by atomic mass is 16.3. The second kappa shape index (κ2) is 6.91. The van der Waals surface area contributed by atoms with Crippen molar-refractivity contribution >= 4 is 11.5 Å². The Kier molecular flexibility index (Phi) is 4.68. The number of rotatable bonds is 5. The maximum Gasteiger partial charge on any atom is 0.203 e. The summed E-state index contributed by atoms with van der Waals surface area (Å²) in [6, 6.07) is 25.5. The third-order valence-electron chi connectivity index (χ3n) is 4.33. The zero-order chi connectivity index (χ0) is 17.9. The maximum atomic E-state index is 13.4. The molecule has 3 nitrogen and oxygen atoms in total. The molecule has 0 bridgehead atoms. The lowest BCUT2D eigenvalue weighted by molar-refractivity contribution is 0.0489. The molecular formula is C22H21NO2. The van der Waals surface area contributed by atoms with E-state index >= 15 is 0 Å². The van der Waals surface area contributed by atoms with Crippen LogP contribution in [0.3, 0.4) is 0 Å². The molecule has 126 valence electrons. The summed E-state index contributed by atoms with van der Waals surface area (Å²) in [6.07, 6.45) is 0. The second-order valence-corrected chi connectivity index (χ2v) is 6.18. The van der Waals surface area contributed by atoms with E-state index in [1.165, 1.54) is 0 Å². The Hall–Kier alpha value is -2.91. The molecule has 3 aromatic rings. The molecule has 0 radical (unpaired) electrons. The lowest BCUT2D eigenvalue weighted by Gasteiger charge is -2.31. The molecule has 0 spiro atoms. The SMILES string of the molecule is CN(C)c1ccccc1C(O)(C(=O)c1ccccc1)c1ccccc1.